The van der Waals surface area contributed by atoms with Gasteiger partial charge in [-0.1, -0.05) is 48.5 Å². The van der Waals surface area contributed by atoms with E-state index in [9.17, 15) is 10.2 Å². The van der Waals surface area contributed by atoms with Gasteiger partial charge in [0, 0.05) is 67.5 Å². The van der Waals surface area contributed by atoms with Gasteiger partial charge in [0.1, 0.15) is 18.2 Å². The van der Waals surface area contributed by atoms with Crippen LogP contribution in [0.4, 0.5) is 0 Å². The minimum absolute atomic E-state index is 0.124. The van der Waals surface area contributed by atoms with Crippen LogP contribution in [-0.2, 0) is 26.7 Å². The number of aromatic nitrogens is 3. The summed E-state index contributed by atoms with van der Waals surface area (Å²) in [5.74, 6) is 1.66. The maximum absolute atomic E-state index is 11.2. The standard InChI is InChI=1S/C30H34N4O3/c1-32-17-15-31-30(32)22-37-25-13-11-23(12-14-25)19-33(16-6-18-35)20-24(36)21-34-28-9-4-2-7-26(28)27-8-3-5-10-29(27)34/h2-5,7-15,17,24,35-36H,6,16,18-22H2,1H3/t24-/m1/s1. The Morgan fingerprint density at radius 1 is 0.946 bits per heavy atom. The van der Waals surface area contributed by atoms with Crippen molar-refractivity contribution in [2.75, 3.05) is 19.7 Å². The molecule has 0 saturated heterocycles. The molecule has 0 saturated carbocycles. The molecule has 7 heteroatoms. The molecular formula is C30H34N4O3. The molecule has 2 N–H and O–H groups in total. The zero-order chi connectivity index (χ0) is 25.6. The van der Waals surface area contributed by atoms with Crippen molar-refractivity contribution in [1.29, 1.82) is 0 Å². The molecule has 3 aromatic carbocycles. The fourth-order valence-electron chi connectivity index (χ4n) is 4.93. The molecule has 0 aliphatic carbocycles. The molecule has 0 amide bonds. The van der Waals surface area contributed by atoms with Crippen LogP contribution in [-0.4, -0.2) is 55.0 Å². The largest absolute Gasteiger partial charge is 0.486 e. The third-order valence-electron chi connectivity index (χ3n) is 6.79. The molecule has 5 rings (SSSR count). The number of nitrogens with zero attached hydrogens (tertiary/aromatic N) is 4. The first-order valence-corrected chi connectivity index (χ1v) is 12.8. The molecule has 5 aromatic rings. The van der Waals surface area contributed by atoms with Gasteiger partial charge in [-0.2, -0.15) is 0 Å². The lowest BCUT2D eigenvalue weighted by Crippen LogP contribution is -2.35. The highest BCUT2D eigenvalue weighted by atomic mass is 16.5. The Labute approximate surface area is 217 Å². The number of benzene rings is 3. The highest BCUT2D eigenvalue weighted by molar-refractivity contribution is 6.07. The first-order chi connectivity index (χ1) is 18.1. The number of hydrogen-bond acceptors (Lipinski definition) is 5. The van der Waals surface area contributed by atoms with Crippen LogP contribution in [0.1, 0.15) is 17.8 Å². The van der Waals surface area contributed by atoms with Crippen molar-refractivity contribution < 1.29 is 14.9 Å². The van der Waals surface area contributed by atoms with Crippen LogP contribution in [0, 0.1) is 0 Å². The summed E-state index contributed by atoms with van der Waals surface area (Å²) in [6, 6.07) is 24.7. The second kappa shape index (κ2) is 11.6. The Morgan fingerprint density at radius 2 is 1.62 bits per heavy atom. The van der Waals surface area contributed by atoms with Gasteiger partial charge in [0.05, 0.1) is 12.6 Å². The van der Waals surface area contributed by atoms with E-state index in [2.05, 4.69) is 63.0 Å². The van der Waals surface area contributed by atoms with Crippen molar-refractivity contribution in [3.05, 3.63) is 96.6 Å². The monoisotopic (exact) mass is 498 g/mol. The van der Waals surface area contributed by atoms with E-state index in [0.717, 1.165) is 28.2 Å². The first-order valence-electron chi connectivity index (χ1n) is 12.8. The van der Waals surface area contributed by atoms with Crippen molar-refractivity contribution in [3.63, 3.8) is 0 Å². The van der Waals surface area contributed by atoms with E-state index < -0.39 is 6.10 Å². The van der Waals surface area contributed by atoms with Gasteiger partial charge in [-0.15, -0.1) is 0 Å². The van der Waals surface area contributed by atoms with E-state index in [1.165, 1.54) is 10.8 Å². The summed E-state index contributed by atoms with van der Waals surface area (Å²) < 4.78 is 10.0. The van der Waals surface area contributed by atoms with E-state index in [-0.39, 0.29) is 6.61 Å². The summed E-state index contributed by atoms with van der Waals surface area (Å²) >= 11 is 0. The highest BCUT2D eigenvalue weighted by Crippen LogP contribution is 2.29. The molecule has 0 spiro atoms. The molecule has 0 aliphatic rings. The average Bonchev–Trinajstić information content (AvgIpc) is 3.47. The predicted molar refractivity (Wildman–Crippen MR) is 146 cm³/mol. The summed E-state index contributed by atoms with van der Waals surface area (Å²) in [5.41, 5.74) is 3.39. The number of aliphatic hydroxyl groups excluding tert-OH is 2. The van der Waals surface area contributed by atoms with Gasteiger partial charge in [0.25, 0.3) is 0 Å². The Balaban J connectivity index is 1.25. The van der Waals surface area contributed by atoms with Crippen molar-refractivity contribution in [1.82, 2.24) is 19.0 Å². The molecule has 2 aromatic heterocycles. The third kappa shape index (κ3) is 5.85. The number of aryl methyl sites for hydroxylation is 1. The average molecular weight is 499 g/mol. The quantitative estimate of drug-likeness (QED) is 0.267. The summed E-state index contributed by atoms with van der Waals surface area (Å²) in [7, 11) is 1.95. The maximum atomic E-state index is 11.2. The second-order valence-electron chi connectivity index (χ2n) is 9.50. The molecule has 2 heterocycles. The predicted octanol–water partition coefficient (Wildman–Crippen LogP) is 4.35. The van der Waals surface area contributed by atoms with Crippen LogP contribution in [0.25, 0.3) is 21.8 Å². The molecule has 0 bridgehead atoms. The summed E-state index contributed by atoms with van der Waals surface area (Å²) in [4.78, 5) is 6.50. The van der Waals surface area contributed by atoms with Gasteiger partial charge in [-0.05, 0) is 36.2 Å². The highest BCUT2D eigenvalue weighted by Gasteiger charge is 2.17. The first kappa shape index (κ1) is 25.0. The molecule has 37 heavy (non-hydrogen) atoms. The summed E-state index contributed by atoms with van der Waals surface area (Å²) in [5, 5.41) is 23.0. The van der Waals surface area contributed by atoms with Crippen LogP contribution >= 0.6 is 0 Å². The van der Waals surface area contributed by atoms with Crippen LogP contribution in [0.2, 0.25) is 0 Å². The number of fused-ring (bicyclic) bond motifs is 3. The van der Waals surface area contributed by atoms with E-state index in [1.807, 2.05) is 42.1 Å². The van der Waals surface area contributed by atoms with Crippen molar-refractivity contribution in [2.45, 2.75) is 32.2 Å². The van der Waals surface area contributed by atoms with Gasteiger partial charge < -0.3 is 24.1 Å². The van der Waals surface area contributed by atoms with Gasteiger partial charge in [-0.25, -0.2) is 4.98 Å². The van der Waals surface area contributed by atoms with Crippen LogP contribution < -0.4 is 4.74 Å². The Morgan fingerprint density at radius 3 is 2.24 bits per heavy atom. The molecule has 7 nitrogen and oxygen atoms in total. The Hall–Kier alpha value is -3.65. The molecule has 192 valence electrons. The third-order valence-corrected chi connectivity index (χ3v) is 6.79. The minimum Gasteiger partial charge on any atom is -0.486 e. The SMILES string of the molecule is Cn1ccnc1COc1ccc(CN(CCCO)C[C@@H](O)Cn2c3ccccc3c3ccccc32)cc1. The minimum atomic E-state index is -0.557. The van der Waals surface area contributed by atoms with Gasteiger partial charge in [0.2, 0.25) is 0 Å². The summed E-state index contributed by atoms with van der Waals surface area (Å²) in [6.07, 6.45) is 3.77. The molecule has 0 unspecified atom stereocenters. The summed E-state index contributed by atoms with van der Waals surface area (Å²) in [6.45, 7) is 2.95. The van der Waals surface area contributed by atoms with E-state index >= 15 is 0 Å². The molecule has 0 radical (unpaired) electrons. The lowest BCUT2D eigenvalue weighted by Gasteiger charge is -2.26. The second-order valence-corrected chi connectivity index (χ2v) is 9.50. The number of aliphatic hydroxyl groups is 2. The maximum Gasteiger partial charge on any atom is 0.146 e. The number of ether oxygens (including phenoxy) is 1. The topological polar surface area (TPSA) is 75.7 Å². The Kier molecular flexibility index (Phi) is 7.84. The fraction of sp³-hybridized carbons (Fsp3) is 0.300. The lowest BCUT2D eigenvalue weighted by atomic mass is 10.2. The fourth-order valence-corrected chi connectivity index (χ4v) is 4.93. The van der Waals surface area contributed by atoms with Crippen molar-refractivity contribution >= 4 is 21.8 Å². The zero-order valence-corrected chi connectivity index (χ0v) is 21.2. The molecule has 0 aliphatic heterocycles. The normalized spacial score (nSPS) is 12.5. The van der Waals surface area contributed by atoms with Crippen molar-refractivity contribution in [3.8, 4) is 5.75 Å². The van der Waals surface area contributed by atoms with Gasteiger partial charge in [0.15, 0.2) is 0 Å². The number of para-hydroxylation sites is 2. The number of rotatable bonds is 12. The van der Waals surface area contributed by atoms with Crippen molar-refractivity contribution in [2.24, 2.45) is 7.05 Å². The lowest BCUT2D eigenvalue weighted by molar-refractivity contribution is 0.0921. The van der Waals surface area contributed by atoms with E-state index in [0.29, 0.717) is 39.2 Å². The molecule has 0 fully saturated rings. The smallest absolute Gasteiger partial charge is 0.146 e. The number of hydrogen-bond donors (Lipinski definition) is 2. The van der Waals surface area contributed by atoms with Gasteiger partial charge >= 0.3 is 0 Å². The van der Waals surface area contributed by atoms with E-state index in [1.54, 1.807) is 6.20 Å². The molecule has 1 atom stereocenters. The van der Waals surface area contributed by atoms with E-state index in [4.69, 9.17) is 4.74 Å². The van der Waals surface area contributed by atoms with Crippen LogP contribution in [0.15, 0.2) is 85.2 Å². The molecular weight excluding hydrogens is 464 g/mol. The van der Waals surface area contributed by atoms with Crippen LogP contribution in [0.5, 0.6) is 5.75 Å². The number of imidazole rings is 1. The van der Waals surface area contributed by atoms with Crippen LogP contribution in [0.3, 0.4) is 0 Å². The van der Waals surface area contributed by atoms with Gasteiger partial charge in [-0.3, -0.25) is 4.90 Å². The zero-order valence-electron chi connectivity index (χ0n) is 21.2. The Bertz CT molecular complexity index is 1390.